The molecule has 0 fully saturated rings. The summed E-state index contributed by atoms with van der Waals surface area (Å²) in [6.45, 7) is 18.7. The van der Waals surface area contributed by atoms with Gasteiger partial charge in [0.15, 0.2) is 0 Å². The maximum absolute atomic E-state index is 12.6. The molecule has 0 spiro atoms. The van der Waals surface area contributed by atoms with E-state index in [0.29, 0.717) is 92.7 Å². The van der Waals surface area contributed by atoms with E-state index < -0.39 is 71.5 Å². The molecule has 0 saturated heterocycles. The van der Waals surface area contributed by atoms with Crippen molar-refractivity contribution >= 4 is 307 Å². The van der Waals surface area contributed by atoms with E-state index in [9.17, 15) is 52.3 Å². The molecule has 10 aromatic rings. The predicted octanol–water partition coefficient (Wildman–Crippen LogP) is 27.3. The summed E-state index contributed by atoms with van der Waals surface area (Å²) in [6, 6.07) is 34.3. The van der Waals surface area contributed by atoms with Crippen LogP contribution in [-0.2, 0) is 48.6 Å². The number of hydrogen-bond acceptors (Lipinski definition) is 16. The molecule has 0 bridgehead atoms. The minimum absolute atomic E-state index is 0.0868. The number of ether oxygens (including phenoxy) is 5. The normalized spacial score (nSPS) is 12.0. The van der Waals surface area contributed by atoms with Gasteiger partial charge in [-0.25, -0.2) is 43.0 Å². The molecule has 22 nitrogen and oxygen atoms in total. The van der Waals surface area contributed by atoms with Gasteiger partial charge in [0.05, 0.1) is 98.1 Å². The van der Waals surface area contributed by atoms with Gasteiger partial charge in [-0.2, -0.15) is 0 Å². The second-order valence-electron chi connectivity index (χ2n) is 29.5. The van der Waals surface area contributed by atoms with Crippen LogP contribution in [0.1, 0.15) is 169 Å². The summed E-state index contributed by atoms with van der Waals surface area (Å²) in [5.74, 6) is -4.14. The van der Waals surface area contributed by atoms with Crippen molar-refractivity contribution in [2.45, 2.75) is 120 Å². The number of nitrogens with zero attached hydrogens (tertiary/aromatic N) is 4. The van der Waals surface area contributed by atoms with Crippen molar-refractivity contribution in [1.82, 2.24) is 24.5 Å². The number of amides is 5. The molecule has 2 aromatic heterocycles. The number of halogens is 16. The van der Waals surface area contributed by atoms with Crippen LogP contribution < -0.4 is 8.90 Å². The minimum Gasteiger partial charge on any atom is -0.478 e. The van der Waals surface area contributed by atoms with E-state index in [0.717, 1.165) is 78.2 Å². The Bertz CT molecular complexity index is 5830. The van der Waals surface area contributed by atoms with Gasteiger partial charge in [0.2, 0.25) is 0 Å². The van der Waals surface area contributed by atoms with Gasteiger partial charge in [-0.1, -0.05) is 198 Å². The molecular formula is C87H81Br8Cl6FIN5O17Sn. The van der Waals surface area contributed by atoms with E-state index in [1.165, 1.54) is 37.0 Å². The number of carbonyl (C=O) groups excluding carboxylic acids is 8. The summed E-state index contributed by atoms with van der Waals surface area (Å²) in [5, 5.41) is 23.0. The summed E-state index contributed by atoms with van der Waals surface area (Å²) < 4.78 is 46.9. The molecule has 0 saturated carbocycles. The maximum Gasteiger partial charge on any atom is 0.417 e. The van der Waals surface area contributed by atoms with E-state index in [-0.39, 0.29) is 47.3 Å². The fourth-order valence-electron chi connectivity index (χ4n) is 11.3. The zero-order chi connectivity index (χ0) is 95.4. The zero-order valence-corrected chi connectivity index (χ0v) is 92.1. The van der Waals surface area contributed by atoms with Crippen molar-refractivity contribution in [2.24, 2.45) is 0 Å². The topological polar surface area (TPSA) is 293 Å². The Kier molecular flexibility index (Phi) is 43.6. The maximum atomic E-state index is 12.6. The number of fused-ring (bicyclic) bond motifs is 4. The van der Waals surface area contributed by atoms with Crippen molar-refractivity contribution in [3.63, 3.8) is 0 Å². The number of benzene rings is 8. The largest absolute Gasteiger partial charge is 0.478 e. The van der Waals surface area contributed by atoms with Gasteiger partial charge in [-0.05, 0) is 195 Å². The second kappa shape index (κ2) is 49.6. The van der Waals surface area contributed by atoms with Gasteiger partial charge in [-0.15, -0.1) is 0 Å². The quantitative estimate of drug-likeness (QED) is 0.0439. The summed E-state index contributed by atoms with van der Waals surface area (Å²) in [6.07, 6.45) is 2.10. The van der Waals surface area contributed by atoms with Crippen LogP contribution in [0.2, 0.25) is 45.0 Å². The van der Waals surface area contributed by atoms with Crippen molar-refractivity contribution in [2.75, 3.05) is 21.3 Å². The van der Waals surface area contributed by atoms with E-state index in [4.69, 9.17) is 89.3 Å². The molecule has 3 aliphatic heterocycles. The number of imide groups is 2. The zero-order valence-electron chi connectivity index (χ0n) is 69.9. The van der Waals surface area contributed by atoms with Crippen LogP contribution in [0.3, 0.4) is 0 Å². The second-order valence-corrected chi connectivity index (χ2v) is 54.0. The molecule has 8 aromatic carbocycles. The third-order valence-corrected chi connectivity index (χ3v) is 32.4. The molecule has 126 heavy (non-hydrogen) atoms. The Hall–Kier alpha value is -5.81. The number of nitrogens with one attached hydrogen (secondary N) is 1. The Labute approximate surface area is 843 Å². The summed E-state index contributed by atoms with van der Waals surface area (Å²) in [5.41, 5.74) is 9.20. The van der Waals surface area contributed by atoms with Crippen LogP contribution in [0.5, 0.6) is 0 Å². The van der Waals surface area contributed by atoms with E-state index in [2.05, 4.69) is 189 Å². The van der Waals surface area contributed by atoms with Gasteiger partial charge >= 0.3 is 177 Å². The van der Waals surface area contributed by atoms with Crippen LogP contribution >= 0.6 is 220 Å². The first-order valence-corrected chi connectivity index (χ1v) is 56.7. The third kappa shape index (κ3) is 30.4. The number of carbonyl (C=O) groups is 10. The smallest absolute Gasteiger partial charge is 0.417 e. The number of pyridine rings is 1. The summed E-state index contributed by atoms with van der Waals surface area (Å²) in [7, 11) is 4.04. The summed E-state index contributed by atoms with van der Waals surface area (Å²) in [4.78, 5) is 128. The number of imidazole rings is 1. The Morgan fingerprint density at radius 3 is 1.33 bits per heavy atom. The van der Waals surface area contributed by atoms with Crippen LogP contribution in [0.15, 0.2) is 165 Å². The molecular weight excluding hydrogens is 2500 g/mol. The average Bonchev–Trinajstić information content (AvgIpc) is 1.71. The minimum atomic E-state index is -2.41. The van der Waals surface area contributed by atoms with Crippen LogP contribution in [0.4, 0.5) is 14.0 Å². The number of rotatable bonds is 7. The van der Waals surface area contributed by atoms with Gasteiger partial charge in [0.25, 0.3) is 11.8 Å². The van der Waals surface area contributed by atoms with Crippen molar-refractivity contribution in [3.8, 4) is 0 Å². The van der Waals surface area contributed by atoms with Crippen molar-refractivity contribution in [3.05, 3.63) is 294 Å². The number of methoxy groups -OCH3 is 3. The van der Waals surface area contributed by atoms with Crippen LogP contribution in [0.25, 0.3) is 5.65 Å². The van der Waals surface area contributed by atoms with E-state index in [1.807, 2.05) is 48.6 Å². The molecule has 0 radical (unpaired) electrons. The first-order chi connectivity index (χ1) is 58.6. The van der Waals surface area contributed by atoms with Crippen LogP contribution in [-0.4, -0.2) is 140 Å². The van der Waals surface area contributed by atoms with Crippen molar-refractivity contribution in [1.29, 1.82) is 0 Å². The third-order valence-electron chi connectivity index (χ3n) is 17.5. The Morgan fingerprint density at radius 2 is 0.897 bits per heavy atom. The molecule has 5 amide bonds. The van der Waals surface area contributed by atoms with Gasteiger partial charge in [0, 0.05) is 61.0 Å². The van der Waals surface area contributed by atoms with Gasteiger partial charge in [-0.3, -0.25) is 14.0 Å². The molecule has 13 rings (SSSR count). The fourth-order valence-corrected chi connectivity index (χ4v) is 22.0. The number of alkyl halides is 1. The molecule has 3 aliphatic rings. The number of hydrogen-bond donors (Lipinski definition) is 3. The molecule has 3 N–H and O–H groups in total. The molecule has 672 valence electrons. The molecule has 39 heteroatoms. The number of esters is 3. The van der Waals surface area contributed by atoms with E-state index >= 15 is 0 Å². The number of aromatic carboxylic acids is 2. The van der Waals surface area contributed by atoms with Crippen LogP contribution in [0, 0.1) is 37.2 Å². The number of carboxylic acid groups (broad SMARTS) is 2. The summed E-state index contributed by atoms with van der Waals surface area (Å²) >= 11 is 61.8. The number of aromatic nitrogens is 2. The molecule has 5 heterocycles. The van der Waals surface area contributed by atoms with Crippen molar-refractivity contribution < 1.29 is 86.2 Å². The van der Waals surface area contributed by atoms with Gasteiger partial charge < -0.3 is 34.5 Å². The Balaban J connectivity index is 0.000000254. The molecule has 0 unspecified atom stereocenters. The average molecular weight is 2590 g/mol. The fraction of sp³-hybridized carbons (Fsp3) is 0.253. The number of carboxylic acids is 2. The first kappa shape index (κ1) is 111. The predicted molar refractivity (Wildman–Crippen MR) is 529 cm³/mol. The first-order valence-electron chi connectivity index (χ1n) is 36.7. The monoisotopic (exact) mass is 2570 g/mol. The van der Waals surface area contributed by atoms with E-state index in [1.54, 1.807) is 147 Å². The molecule has 0 aliphatic carbocycles. The standard InChI is InChI=1S/C13H13BrClNO3.C13H13ClNO3.C9H7Br2ClO2.C9H8BrClO2.C9H9BrO2.C8H5BrClNO.C8H6BrClO2.C8H7BrO2.C7H4FIN2.3CH3.Sn/c1-13(2,3)19-12(18)16-6-7-8(14)4-5-9(15)10(7)11(16)17;1-13(2,3)18-12(17)15-7-8-5-4-6-9(14)10(8)11(15)16;1-14-9(13)8-5(4-10)6(11)2-3-7(8)12;1-5-6(10)3-4-7(11)8(5)9(12)13-2;1-6-7(9(11)12-2)4-3-5-8(6)10;9-5-1-2-6(10)7-4(5)3-11-8(7)12;1-4-5(9)2-3-6(10)7(4)8(11)12;1-5-6(8(10)11)3-2-4-7(5)9;8-5-1-2-11-6(9)4-10-7(11)3-5;;;;/h4-5H,6H2,1-3H3;4,6H,7H2,1-3H3;2-3H,4H2,1H3;3-4H,1-2H3;3-5H,1-2H3;1-2H,3H2,(H,11,12);2-3H,1H3,(H,11,12);2-4H,1H3,(H,10,11);1-4H;3*1H3;. The Morgan fingerprint density at radius 1 is 0.500 bits per heavy atom. The van der Waals surface area contributed by atoms with Gasteiger partial charge in [0.1, 0.15) is 20.8 Å². The molecule has 0 atom stereocenters. The SMILES string of the molecule is CC(C)(C)OC(=O)N1Cc2[c]([Sn]([CH3])([CH3])[CH3])ccc(Cl)c2C1=O.CC(C)(C)OC(=O)N1Cc2c(Br)ccc(Cl)c2C1=O.COC(=O)c1c(Cl)ccc(Br)c1C.COC(=O)c1c(Cl)ccc(Br)c1CBr.COC(=O)c1cccc(Br)c1C.Cc1c(Br)ccc(Cl)c1C(=O)O.Cc1c(Br)cccc1C(=O)O.Fc1ccn2c(I)cnc2c1.O=C1NCc2c(Br)ccc(Cl)c21.